The van der Waals surface area contributed by atoms with E-state index >= 15 is 0 Å². The maximum absolute atomic E-state index is 5.39. The summed E-state index contributed by atoms with van der Waals surface area (Å²) in [6.07, 6.45) is 0. The fraction of sp³-hybridized carbons (Fsp3) is 0.0800. The second kappa shape index (κ2) is 7.97. The summed E-state index contributed by atoms with van der Waals surface area (Å²) in [5.74, 6) is 1.62. The third-order valence-electron chi connectivity index (χ3n) is 4.66. The molecule has 138 valence electrons. The Morgan fingerprint density at radius 1 is 0.500 bits per heavy atom. The number of benzene rings is 3. The molecule has 28 heavy (non-hydrogen) atoms. The van der Waals surface area contributed by atoms with E-state index in [0.29, 0.717) is 0 Å². The third-order valence-corrected chi connectivity index (χ3v) is 4.66. The van der Waals surface area contributed by atoms with E-state index in [1.165, 1.54) is 0 Å². The SMILES string of the molecule is COc1cccc(-c2cc(-c3ccccc3)cc(-c3cccc(OC)c3)n2)c1. The van der Waals surface area contributed by atoms with Crippen LogP contribution in [-0.4, -0.2) is 19.2 Å². The highest BCUT2D eigenvalue weighted by atomic mass is 16.5. The zero-order valence-corrected chi connectivity index (χ0v) is 15.9. The topological polar surface area (TPSA) is 31.4 Å². The molecule has 0 saturated carbocycles. The van der Waals surface area contributed by atoms with Crippen LogP contribution in [0.5, 0.6) is 11.5 Å². The minimum Gasteiger partial charge on any atom is -0.497 e. The van der Waals surface area contributed by atoms with Gasteiger partial charge in [-0.3, -0.25) is 0 Å². The Balaban J connectivity index is 1.90. The summed E-state index contributed by atoms with van der Waals surface area (Å²) in [4.78, 5) is 4.94. The summed E-state index contributed by atoms with van der Waals surface area (Å²) >= 11 is 0. The lowest BCUT2D eigenvalue weighted by molar-refractivity contribution is 0.415. The molecule has 0 spiro atoms. The molecule has 0 aliphatic carbocycles. The number of aromatic nitrogens is 1. The van der Waals surface area contributed by atoms with Crippen LogP contribution in [0.25, 0.3) is 33.6 Å². The quantitative estimate of drug-likeness (QED) is 0.427. The van der Waals surface area contributed by atoms with Crippen LogP contribution >= 0.6 is 0 Å². The standard InChI is InChI=1S/C25H21NO2/c1-27-22-12-6-10-19(14-22)24-16-21(18-8-4-3-5-9-18)17-25(26-24)20-11-7-13-23(15-20)28-2/h3-17H,1-2H3. The number of hydrogen-bond acceptors (Lipinski definition) is 3. The number of ether oxygens (including phenoxy) is 2. The summed E-state index contributed by atoms with van der Waals surface area (Å²) in [5, 5.41) is 0. The van der Waals surface area contributed by atoms with Crippen molar-refractivity contribution in [3.63, 3.8) is 0 Å². The lowest BCUT2D eigenvalue weighted by Crippen LogP contribution is -1.92. The van der Waals surface area contributed by atoms with Crippen molar-refractivity contribution >= 4 is 0 Å². The largest absolute Gasteiger partial charge is 0.497 e. The lowest BCUT2D eigenvalue weighted by Gasteiger charge is -2.11. The van der Waals surface area contributed by atoms with Crippen molar-refractivity contribution in [3.8, 4) is 45.1 Å². The van der Waals surface area contributed by atoms with Crippen LogP contribution in [0.4, 0.5) is 0 Å². The Kier molecular flexibility index (Phi) is 5.07. The first-order valence-electron chi connectivity index (χ1n) is 9.13. The van der Waals surface area contributed by atoms with Gasteiger partial charge in [0.05, 0.1) is 25.6 Å². The van der Waals surface area contributed by atoms with Crippen molar-refractivity contribution in [2.45, 2.75) is 0 Å². The van der Waals surface area contributed by atoms with E-state index in [1.807, 2.05) is 54.6 Å². The van der Waals surface area contributed by atoms with Gasteiger partial charge in [0.2, 0.25) is 0 Å². The third kappa shape index (κ3) is 3.74. The second-order valence-corrected chi connectivity index (χ2v) is 6.46. The minimum absolute atomic E-state index is 0.812. The van der Waals surface area contributed by atoms with Crippen LogP contribution in [0.1, 0.15) is 0 Å². The minimum atomic E-state index is 0.812. The number of methoxy groups -OCH3 is 2. The maximum atomic E-state index is 5.39. The molecule has 0 bridgehead atoms. The molecular weight excluding hydrogens is 346 g/mol. The zero-order chi connectivity index (χ0) is 19.3. The molecular formula is C25H21NO2. The summed E-state index contributed by atoms with van der Waals surface area (Å²) in [6.45, 7) is 0. The van der Waals surface area contributed by atoms with Crippen LogP contribution in [0.3, 0.4) is 0 Å². The Morgan fingerprint density at radius 3 is 1.50 bits per heavy atom. The summed E-state index contributed by atoms with van der Waals surface area (Å²) in [5.41, 5.74) is 6.10. The summed E-state index contributed by atoms with van der Waals surface area (Å²) in [6, 6.07) is 30.5. The van der Waals surface area contributed by atoms with Gasteiger partial charge < -0.3 is 9.47 Å². The van der Waals surface area contributed by atoms with Gasteiger partial charge in [0, 0.05) is 11.1 Å². The van der Waals surface area contributed by atoms with Crippen LogP contribution in [-0.2, 0) is 0 Å². The van der Waals surface area contributed by atoms with Crippen molar-refractivity contribution in [3.05, 3.63) is 91.0 Å². The lowest BCUT2D eigenvalue weighted by atomic mass is 10.00. The van der Waals surface area contributed by atoms with Crippen molar-refractivity contribution in [2.24, 2.45) is 0 Å². The zero-order valence-electron chi connectivity index (χ0n) is 15.9. The van der Waals surface area contributed by atoms with Gasteiger partial charge in [-0.2, -0.15) is 0 Å². The molecule has 1 aromatic heterocycles. The highest BCUT2D eigenvalue weighted by molar-refractivity contribution is 5.77. The molecule has 1 heterocycles. The molecule has 0 amide bonds. The van der Waals surface area contributed by atoms with Gasteiger partial charge in [0.25, 0.3) is 0 Å². The molecule has 0 N–H and O–H groups in total. The smallest absolute Gasteiger partial charge is 0.119 e. The predicted octanol–water partition coefficient (Wildman–Crippen LogP) is 6.10. The fourth-order valence-corrected chi connectivity index (χ4v) is 3.19. The maximum Gasteiger partial charge on any atom is 0.119 e. The van der Waals surface area contributed by atoms with Crippen molar-refractivity contribution in [2.75, 3.05) is 14.2 Å². The summed E-state index contributed by atoms with van der Waals surface area (Å²) < 4.78 is 10.8. The van der Waals surface area contributed by atoms with E-state index in [2.05, 4.69) is 36.4 Å². The van der Waals surface area contributed by atoms with Gasteiger partial charge >= 0.3 is 0 Å². The average Bonchev–Trinajstić information content (AvgIpc) is 2.79. The van der Waals surface area contributed by atoms with Crippen LogP contribution in [0.2, 0.25) is 0 Å². The number of pyridine rings is 1. The Bertz CT molecular complexity index is 1020. The van der Waals surface area contributed by atoms with E-state index < -0.39 is 0 Å². The molecule has 0 unspecified atom stereocenters. The molecule has 0 aliphatic heterocycles. The monoisotopic (exact) mass is 367 g/mol. The molecule has 0 radical (unpaired) electrons. The number of nitrogens with zero attached hydrogens (tertiary/aromatic N) is 1. The van der Waals surface area contributed by atoms with Crippen LogP contribution in [0, 0.1) is 0 Å². The van der Waals surface area contributed by atoms with Crippen molar-refractivity contribution in [1.29, 1.82) is 0 Å². The molecule has 3 aromatic carbocycles. The molecule has 0 fully saturated rings. The van der Waals surface area contributed by atoms with Gasteiger partial charge in [-0.15, -0.1) is 0 Å². The van der Waals surface area contributed by atoms with Crippen LogP contribution in [0.15, 0.2) is 91.0 Å². The van der Waals surface area contributed by atoms with Gasteiger partial charge in [-0.1, -0.05) is 54.6 Å². The van der Waals surface area contributed by atoms with Gasteiger partial charge in [-0.25, -0.2) is 4.98 Å². The Hall–Kier alpha value is -3.59. The van der Waals surface area contributed by atoms with Crippen LogP contribution < -0.4 is 9.47 Å². The molecule has 3 nitrogen and oxygen atoms in total. The Morgan fingerprint density at radius 2 is 1.00 bits per heavy atom. The van der Waals surface area contributed by atoms with Gasteiger partial charge in [-0.05, 0) is 47.5 Å². The normalized spacial score (nSPS) is 10.5. The highest BCUT2D eigenvalue weighted by Gasteiger charge is 2.10. The van der Waals surface area contributed by atoms with E-state index in [1.54, 1.807) is 14.2 Å². The molecule has 0 atom stereocenters. The first-order valence-corrected chi connectivity index (χ1v) is 9.13. The van der Waals surface area contributed by atoms with E-state index in [0.717, 1.165) is 45.1 Å². The molecule has 0 aliphatic rings. The highest BCUT2D eigenvalue weighted by Crippen LogP contribution is 2.32. The van der Waals surface area contributed by atoms with E-state index in [-0.39, 0.29) is 0 Å². The molecule has 3 heteroatoms. The van der Waals surface area contributed by atoms with E-state index in [9.17, 15) is 0 Å². The molecule has 4 aromatic rings. The molecule has 0 saturated heterocycles. The van der Waals surface area contributed by atoms with Gasteiger partial charge in [0.15, 0.2) is 0 Å². The Labute approximate surface area is 165 Å². The van der Waals surface area contributed by atoms with Crippen molar-refractivity contribution in [1.82, 2.24) is 4.98 Å². The number of hydrogen-bond donors (Lipinski definition) is 0. The second-order valence-electron chi connectivity index (χ2n) is 6.46. The van der Waals surface area contributed by atoms with Crippen molar-refractivity contribution < 1.29 is 9.47 Å². The van der Waals surface area contributed by atoms with Gasteiger partial charge in [0.1, 0.15) is 11.5 Å². The summed E-state index contributed by atoms with van der Waals surface area (Å²) in [7, 11) is 3.35. The first kappa shape index (κ1) is 17.8. The predicted molar refractivity (Wildman–Crippen MR) is 114 cm³/mol. The average molecular weight is 367 g/mol. The first-order chi connectivity index (χ1) is 13.8. The van der Waals surface area contributed by atoms with E-state index in [4.69, 9.17) is 14.5 Å². The fourth-order valence-electron chi connectivity index (χ4n) is 3.19. The number of rotatable bonds is 5. The molecule has 4 rings (SSSR count).